The molecule has 2 aliphatic heterocycles. The fourth-order valence-electron chi connectivity index (χ4n) is 3.85. The molecule has 1 aromatic heterocycles. The van der Waals surface area contributed by atoms with Crippen molar-refractivity contribution >= 4 is 23.4 Å². The molecule has 0 N–H and O–H groups in total. The second-order valence-corrected chi connectivity index (χ2v) is 8.75. The van der Waals surface area contributed by atoms with Crippen molar-refractivity contribution < 1.29 is 23.4 Å². The zero-order valence-corrected chi connectivity index (χ0v) is 19.0. The van der Waals surface area contributed by atoms with Gasteiger partial charge in [0, 0.05) is 17.7 Å². The number of rotatable bonds is 6. The van der Waals surface area contributed by atoms with Gasteiger partial charge in [-0.15, -0.1) is 11.8 Å². The van der Waals surface area contributed by atoms with Gasteiger partial charge in [0.05, 0.1) is 38.1 Å². The lowest BCUT2D eigenvalue weighted by Gasteiger charge is -2.19. The Morgan fingerprint density at radius 1 is 1.12 bits per heavy atom. The number of nitrogens with zero attached hydrogens (tertiary/aromatic N) is 2. The van der Waals surface area contributed by atoms with Crippen molar-refractivity contribution in [3.05, 3.63) is 72.2 Å². The van der Waals surface area contributed by atoms with Gasteiger partial charge in [-0.1, -0.05) is 0 Å². The molecule has 1 amide bonds. The van der Waals surface area contributed by atoms with E-state index in [1.807, 2.05) is 54.6 Å². The van der Waals surface area contributed by atoms with Gasteiger partial charge in [0.1, 0.15) is 17.6 Å². The van der Waals surface area contributed by atoms with E-state index < -0.39 is 0 Å². The molecule has 3 aromatic rings. The van der Waals surface area contributed by atoms with Crippen LogP contribution in [0.4, 0.5) is 0 Å². The SMILES string of the molecule is COc1ccc(C2=NN(C(=O)CSc3ccc4c(c3)OCCCO4)C(c3ccco3)C2)cc1. The first-order valence-corrected chi connectivity index (χ1v) is 11.8. The molecule has 1 unspecified atom stereocenters. The van der Waals surface area contributed by atoms with Crippen LogP contribution in [0.25, 0.3) is 0 Å². The third-order valence-corrected chi connectivity index (χ3v) is 6.52. The molecule has 7 nitrogen and oxygen atoms in total. The number of amides is 1. The Hall–Kier alpha value is -3.39. The second kappa shape index (κ2) is 9.62. The van der Waals surface area contributed by atoms with Crippen LogP contribution < -0.4 is 14.2 Å². The molecular weight excluding hydrogens is 440 g/mol. The molecule has 2 aliphatic rings. The van der Waals surface area contributed by atoms with Crippen molar-refractivity contribution in [3.8, 4) is 17.2 Å². The third-order valence-electron chi connectivity index (χ3n) is 5.54. The zero-order chi connectivity index (χ0) is 22.6. The Morgan fingerprint density at radius 3 is 2.70 bits per heavy atom. The molecule has 8 heteroatoms. The summed E-state index contributed by atoms with van der Waals surface area (Å²) in [5, 5.41) is 6.24. The highest BCUT2D eigenvalue weighted by Gasteiger charge is 2.34. The van der Waals surface area contributed by atoms with Crippen molar-refractivity contribution in [3.63, 3.8) is 0 Å². The largest absolute Gasteiger partial charge is 0.497 e. The number of methoxy groups -OCH3 is 1. The van der Waals surface area contributed by atoms with Gasteiger partial charge in [0.15, 0.2) is 11.5 Å². The molecule has 170 valence electrons. The number of furan rings is 1. The molecule has 33 heavy (non-hydrogen) atoms. The van der Waals surface area contributed by atoms with Crippen LogP contribution >= 0.6 is 11.8 Å². The van der Waals surface area contributed by atoms with Gasteiger partial charge in [-0.05, 0) is 60.2 Å². The summed E-state index contributed by atoms with van der Waals surface area (Å²) in [5.74, 6) is 3.12. The normalized spacial score (nSPS) is 17.4. The van der Waals surface area contributed by atoms with Crippen molar-refractivity contribution in [1.29, 1.82) is 0 Å². The summed E-state index contributed by atoms with van der Waals surface area (Å²) in [6.07, 6.45) is 3.06. The fourth-order valence-corrected chi connectivity index (χ4v) is 4.62. The molecule has 3 heterocycles. The standard InChI is InChI=1S/C25H24N2O5S/c1-29-18-7-5-17(6-8-18)20-15-21(22-4-2-11-30-22)27(26-20)25(28)16-33-19-9-10-23-24(14-19)32-13-3-12-31-23/h2,4-11,14,21H,3,12-13,15-16H2,1H3. The van der Waals surface area contributed by atoms with Gasteiger partial charge in [-0.25, -0.2) is 5.01 Å². The minimum absolute atomic E-state index is 0.0861. The molecule has 0 radical (unpaired) electrons. The minimum atomic E-state index is -0.269. The molecule has 2 aromatic carbocycles. The van der Waals surface area contributed by atoms with Gasteiger partial charge in [-0.2, -0.15) is 5.10 Å². The van der Waals surface area contributed by atoms with E-state index in [0.717, 1.165) is 45.6 Å². The number of hydrazone groups is 1. The molecule has 0 spiro atoms. The number of fused-ring (bicyclic) bond motifs is 1. The van der Waals surface area contributed by atoms with E-state index in [-0.39, 0.29) is 17.7 Å². The van der Waals surface area contributed by atoms with Crippen LogP contribution in [-0.4, -0.2) is 42.7 Å². The van der Waals surface area contributed by atoms with Crippen LogP contribution in [0.5, 0.6) is 17.2 Å². The zero-order valence-electron chi connectivity index (χ0n) is 18.2. The van der Waals surface area contributed by atoms with Crippen LogP contribution in [0.15, 0.2) is 75.3 Å². The van der Waals surface area contributed by atoms with Crippen LogP contribution in [0.1, 0.15) is 30.2 Å². The second-order valence-electron chi connectivity index (χ2n) is 7.70. The number of thioether (sulfide) groups is 1. The lowest BCUT2D eigenvalue weighted by molar-refractivity contribution is -0.130. The van der Waals surface area contributed by atoms with E-state index in [9.17, 15) is 4.79 Å². The maximum Gasteiger partial charge on any atom is 0.253 e. The maximum absolute atomic E-state index is 13.2. The Morgan fingerprint density at radius 2 is 1.94 bits per heavy atom. The van der Waals surface area contributed by atoms with Gasteiger partial charge < -0.3 is 18.6 Å². The summed E-state index contributed by atoms with van der Waals surface area (Å²) in [4.78, 5) is 14.2. The number of carbonyl (C=O) groups excluding carboxylic acids is 1. The predicted molar refractivity (Wildman–Crippen MR) is 125 cm³/mol. The highest BCUT2D eigenvalue weighted by atomic mass is 32.2. The summed E-state index contributed by atoms with van der Waals surface area (Å²) in [5.41, 5.74) is 1.80. The van der Waals surface area contributed by atoms with Crippen LogP contribution in [0, 0.1) is 0 Å². The number of carbonyl (C=O) groups is 1. The lowest BCUT2D eigenvalue weighted by atomic mass is 10.0. The van der Waals surface area contributed by atoms with Crippen LogP contribution in [-0.2, 0) is 4.79 Å². The van der Waals surface area contributed by atoms with Gasteiger partial charge in [-0.3, -0.25) is 4.79 Å². The highest BCUT2D eigenvalue weighted by Crippen LogP contribution is 2.36. The van der Waals surface area contributed by atoms with Gasteiger partial charge in [0.2, 0.25) is 0 Å². The van der Waals surface area contributed by atoms with Crippen LogP contribution in [0.2, 0.25) is 0 Å². The van der Waals surface area contributed by atoms with Crippen LogP contribution in [0.3, 0.4) is 0 Å². The van der Waals surface area contributed by atoms with Crippen molar-refractivity contribution in [1.82, 2.24) is 5.01 Å². The highest BCUT2D eigenvalue weighted by molar-refractivity contribution is 8.00. The monoisotopic (exact) mass is 464 g/mol. The molecule has 0 saturated heterocycles. The topological polar surface area (TPSA) is 73.5 Å². The molecule has 1 atom stereocenters. The first-order chi connectivity index (χ1) is 16.2. The van der Waals surface area contributed by atoms with Crippen molar-refractivity contribution in [2.24, 2.45) is 5.10 Å². The average molecular weight is 465 g/mol. The number of ether oxygens (including phenoxy) is 3. The van der Waals surface area contributed by atoms with E-state index in [1.54, 1.807) is 18.4 Å². The predicted octanol–water partition coefficient (Wildman–Crippen LogP) is 4.92. The summed E-state index contributed by atoms with van der Waals surface area (Å²) in [7, 11) is 1.64. The average Bonchev–Trinajstić information content (AvgIpc) is 3.48. The summed E-state index contributed by atoms with van der Waals surface area (Å²) in [6.45, 7) is 1.27. The first kappa shape index (κ1) is 21.5. The van der Waals surface area contributed by atoms with E-state index in [0.29, 0.717) is 19.6 Å². The lowest BCUT2D eigenvalue weighted by Crippen LogP contribution is -2.28. The number of benzene rings is 2. The first-order valence-electron chi connectivity index (χ1n) is 10.8. The summed E-state index contributed by atoms with van der Waals surface area (Å²) >= 11 is 1.45. The van der Waals surface area contributed by atoms with Crippen molar-refractivity contribution in [2.75, 3.05) is 26.1 Å². The molecule has 0 saturated carbocycles. The Labute approximate surface area is 196 Å². The maximum atomic E-state index is 13.2. The van der Waals surface area contributed by atoms with E-state index >= 15 is 0 Å². The van der Waals surface area contributed by atoms with Gasteiger partial charge >= 0.3 is 0 Å². The Kier molecular flexibility index (Phi) is 6.26. The molecule has 0 fully saturated rings. The quantitative estimate of drug-likeness (QED) is 0.482. The number of hydrogen-bond donors (Lipinski definition) is 0. The summed E-state index contributed by atoms with van der Waals surface area (Å²) < 4.78 is 22.3. The van der Waals surface area contributed by atoms with E-state index in [4.69, 9.17) is 18.6 Å². The smallest absolute Gasteiger partial charge is 0.253 e. The Balaban J connectivity index is 1.33. The fraction of sp³-hybridized carbons (Fsp3) is 0.280. The third kappa shape index (κ3) is 4.71. The van der Waals surface area contributed by atoms with E-state index in [2.05, 4.69) is 5.10 Å². The Bertz CT molecular complexity index is 1140. The molecular formula is C25H24N2O5S. The minimum Gasteiger partial charge on any atom is -0.497 e. The molecule has 5 rings (SSSR count). The summed E-state index contributed by atoms with van der Waals surface area (Å²) in [6, 6.07) is 16.9. The molecule has 0 bridgehead atoms. The number of hydrogen-bond acceptors (Lipinski definition) is 7. The van der Waals surface area contributed by atoms with Crippen molar-refractivity contribution in [2.45, 2.75) is 23.8 Å². The van der Waals surface area contributed by atoms with Gasteiger partial charge in [0.25, 0.3) is 5.91 Å². The molecule has 0 aliphatic carbocycles. The van der Waals surface area contributed by atoms with E-state index in [1.165, 1.54) is 11.8 Å².